The molecule has 1 heterocycles. The molecule has 0 amide bonds. The average molecular weight is 260 g/mol. The third-order valence-corrected chi connectivity index (χ3v) is 2.71. The van der Waals surface area contributed by atoms with Crippen molar-refractivity contribution in [2.75, 3.05) is 25.6 Å². The molecule has 102 valence electrons. The van der Waals surface area contributed by atoms with Crippen molar-refractivity contribution in [3.63, 3.8) is 0 Å². The Morgan fingerprint density at radius 2 is 2.11 bits per heavy atom. The van der Waals surface area contributed by atoms with Crippen molar-refractivity contribution in [1.29, 1.82) is 0 Å². The van der Waals surface area contributed by atoms with Gasteiger partial charge in [0.05, 0.1) is 12.7 Å². The summed E-state index contributed by atoms with van der Waals surface area (Å²) in [5, 5.41) is 5.46. The summed E-state index contributed by atoms with van der Waals surface area (Å²) >= 11 is 0. The van der Waals surface area contributed by atoms with Gasteiger partial charge in [0.2, 0.25) is 5.88 Å². The highest BCUT2D eigenvalue weighted by Gasteiger charge is 2.06. The smallest absolute Gasteiger partial charge is 0.221 e. The number of hydrogen-bond donors (Lipinski definition) is 1. The molecule has 0 aliphatic heterocycles. The minimum absolute atomic E-state index is 0.114. The first-order valence-corrected chi connectivity index (χ1v) is 6.49. The van der Waals surface area contributed by atoms with Gasteiger partial charge in [-0.05, 0) is 37.4 Å². The highest BCUT2D eigenvalue weighted by Crippen LogP contribution is 2.26. The second kappa shape index (κ2) is 6.38. The molecule has 0 saturated heterocycles. The predicted octanol–water partition coefficient (Wildman–Crippen LogP) is 3.08. The molecule has 0 radical (unpaired) electrons. The van der Waals surface area contributed by atoms with Crippen LogP contribution < -0.4 is 10.1 Å². The molecular weight excluding hydrogens is 240 g/mol. The third-order valence-electron chi connectivity index (χ3n) is 2.71. The normalized spacial score (nSPS) is 10.9. The molecule has 0 aliphatic carbocycles. The molecule has 1 aromatic heterocycles. The molecule has 0 spiro atoms. The van der Waals surface area contributed by atoms with Crippen LogP contribution in [0.4, 0.5) is 5.69 Å². The number of nitrogens with one attached hydrogen (secondary N) is 1. The molecule has 0 fully saturated rings. The molecule has 1 aromatic carbocycles. The Balaban J connectivity index is 2.28. The molecule has 19 heavy (non-hydrogen) atoms. The van der Waals surface area contributed by atoms with Gasteiger partial charge in [0.25, 0.3) is 0 Å². The summed E-state index contributed by atoms with van der Waals surface area (Å²) in [6.45, 7) is 5.46. The summed E-state index contributed by atoms with van der Waals surface area (Å²) in [4.78, 5) is 4.31. The molecule has 0 unspecified atom stereocenters. The third kappa shape index (κ3) is 3.58. The SMILES string of the molecule is COCCNc1ccc2ccnc(OC(C)C)c2c1. The zero-order valence-electron chi connectivity index (χ0n) is 11.6. The van der Waals surface area contributed by atoms with Gasteiger partial charge in [-0.25, -0.2) is 4.98 Å². The molecule has 0 aliphatic rings. The summed E-state index contributed by atoms with van der Waals surface area (Å²) in [6.07, 6.45) is 1.89. The van der Waals surface area contributed by atoms with Gasteiger partial charge >= 0.3 is 0 Å². The van der Waals surface area contributed by atoms with Crippen LogP contribution in [0.1, 0.15) is 13.8 Å². The van der Waals surface area contributed by atoms with E-state index in [1.165, 1.54) is 0 Å². The molecule has 0 saturated carbocycles. The monoisotopic (exact) mass is 260 g/mol. The topological polar surface area (TPSA) is 43.4 Å². The van der Waals surface area contributed by atoms with Crippen molar-refractivity contribution in [2.24, 2.45) is 0 Å². The molecule has 2 rings (SSSR count). The Morgan fingerprint density at radius 3 is 2.84 bits per heavy atom. The van der Waals surface area contributed by atoms with Gasteiger partial charge in [0.15, 0.2) is 0 Å². The number of hydrogen-bond acceptors (Lipinski definition) is 4. The number of pyridine rings is 1. The maximum atomic E-state index is 5.74. The van der Waals surface area contributed by atoms with E-state index in [1.807, 2.05) is 19.9 Å². The number of methoxy groups -OCH3 is 1. The van der Waals surface area contributed by atoms with Gasteiger partial charge in [-0.15, -0.1) is 0 Å². The highest BCUT2D eigenvalue weighted by atomic mass is 16.5. The number of aromatic nitrogens is 1. The van der Waals surface area contributed by atoms with E-state index in [0.29, 0.717) is 12.5 Å². The minimum Gasteiger partial charge on any atom is -0.475 e. The Morgan fingerprint density at radius 1 is 1.26 bits per heavy atom. The Labute approximate surface area is 113 Å². The first-order chi connectivity index (χ1) is 9.20. The standard InChI is InChI=1S/C15H20N2O2/c1-11(2)19-15-14-10-13(16-8-9-18-3)5-4-12(14)6-7-17-15/h4-7,10-11,16H,8-9H2,1-3H3. The van der Waals surface area contributed by atoms with Crippen LogP contribution >= 0.6 is 0 Å². The number of anilines is 1. The number of benzene rings is 1. The van der Waals surface area contributed by atoms with Crippen LogP contribution in [0.15, 0.2) is 30.5 Å². The van der Waals surface area contributed by atoms with Crippen LogP contribution in [0, 0.1) is 0 Å². The Kier molecular flexibility index (Phi) is 4.58. The maximum absolute atomic E-state index is 5.74. The fourth-order valence-electron chi connectivity index (χ4n) is 1.87. The lowest BCUT2D eigenvalue weighted by Gasteiger charge is -2.12. The largest absolute Gasteiger partial charge is 0.475 e. The lowest BCUT2D eigenvalue weighted by Crippen LogP contribution is -2.08. The summed E-state index contributed by atoms with van der Waals surface area (Å²) in [7, 11) is 1.70. The molecule has 4 heteroatoms. The zero-order valence-corrected chi connectivity index (χ0v) is 11.6. The van der Waals surface area contributed by atoms with E-state index in [1.54, 1.807) is 13.3 Å². The van der Waals surface area contributed by atoms with Crippen molar-refractivity contribution < 1.29 is 9.47 Å². The van der Waals surface area contributed by atoms with Gasteiger partial charge < -0.3 is 14.8 Å². The second-order valence-electron chi connectivity index (χ2n) is 4.64. The van der Waals surface area contributed by atoms with Crippen LogP contribution in [-0.4, -0.2) is 31.3 Å². The van der Waals surface area contributed by atoms with Crippen LogP contribution in [0.3, 0.4) is 0 Å². The van der Waals surface area contributed by atoms with Crippen LogP contribution in [0.5, 0.6) is 5.88 Å². The van der Waals surface area contributed by atoms with Gasteiger partial charge in [0, 0.05) is 30.9 Å². The molecular formula is C15H20N2O2. The summed E-state index contributed by atoms with van der Waals surface area (Å²) < 4.78 is 10.8. The van der Waals surface area contributed by atoms with Gasteiger partial charge in [-0.1, -0.05) is 6.07 Å². The zero-order chi connectivity index (χ0) is 13.7. The second-order valence-corrected chi connectivity index (χ2v) is 4.64. The van der Waals surface area contributed by atoms with Crippen molar-refractivity contribution in [2.45, 2.75) is 20.0 Å². The van der Waals surface area contributed by atoms with E-state index in [2.05, 4.69) is 28.5 Å². The first kappa shape index (κ1) is 13.6. The highest BCUT2D eigenvalue weighted by molar-refractivity contribution is 5.89. The van der Waals surface area contributed by atoms with Gasteiger partial charge in [-0.3, -0.25) is 0 Å². The molecule has 0 bridgehead atoms. The number of nitrogens with zero attached hydrogens (tertiary/aromatic N) is 1. The summed E-state index contributed by atoms with van der Waals surface area (Å²) in [6, 6.07) is 8.17. The number of fused-ring (bicyclic) bond motifs is 1. The average Bonchev–Trinajstić information content (AvgIpc) is 2.39. The molecule has 4 nitrogen and oxygen atoms in total. The van der Waals surface area contributed by atoms with Crippen LogP contribution in [0.25, 0.3) is 10.8 Å². The first-order valence-electron chi connectivity index (χ1n) is 6.49. The summed E-state index contributed by atoms with van der Waals surface area (Å²) in [5.41, 5.74) is 1.05. The molecule has 2 aromatic rings. The van der Waals surface area contributed by atoms with Crippen LogP contribution in [0.2, 0.25) is 0 Å². The molecule has 0 atom stereocenters. The fraction of sp³-hybridized carbons (Fsp3) is 0.400. The maximum Gasteiger partial charge on any atom is 0.221 e. The Hall–Kier alpha value is -1.81. The van der Waals surface area contributed by atoms with Crippen molar-refractivity contribution in [3.8, 4) is 5.88 Å². The van der Waals surface area contributed by atoms with Crippen molar-refractivity contribution in [3.05, 3.63) is 30.5 Å². The number of rotatable bonds is 6. The van der Waals surface area contributed by atoms with E-state index in [-0.39, 0.29) is 6.10 Å². The number of ether oxygens (including phenoxy) is 2. The summed E-state index contributed by atoms with van der Waals surface area (Å²) in [5.74, 6) is 0.683. The van der Waals surface area contributed by atoms with E-state index >= 15 is 0 Å². The van der Waals surface area contributed by atoms with E-state index < -0.39 is 0 Å². The minimum atomic E-state index is 0.114. The van der Waals surface area contributed by atoms with E-state index in [9.17, 15) is 0 Å². The van der Waals surface area contributed by atoms with Crippen molar-refractivity contribution in [1.82, 2.24) is 4.98 Å². The lowest BCUT2D eigenvalue weighted by molar-refractivity contribution is 0.211. The van der Waals surface area contributed by atoms with Gasteiger partial charge in [0.1, 0.15) is 0 Å². The van der Waals surface area contributed by atoms with Crippen molar-refractivity contribution >= 4 is 16.5 Å². The Bertz CT molecular complexity index is 541. The lowest BCUT2D eigenvalue weighted by atomic mass is 10.1. The predicted molar refractivity (Wildman–Crippen MR) is 77.9 cm³/mol. The van der Waals surface area contributed by atoms with E-state index in [4.69, 9.17) is 9.47 Å². The fourth-order valence-corrected chi connectivity index (χ4v) is 1.87. The van der Waals surface area contributed by atoms with Crippen LogP contribution in [-0.2, 0) is 4.74 Å². The quantitative estimate of drug-likeness (QED) is 0.811. The molecule has 1 N–H and O–H groups in total. The van der Waals surface area contributed by atoms with E-state index in [0.717, 1.165) is 23.0 Å². The van der Waals surface area contributed by atoms with Gasteiger partial charge in [-0.2, -0.15) is 0 Å².